The molecule has 0 saturated carbocycles. The van der Waals surface area contributed by atoms with Gasteiger partial charge >= 0.3 is 0 Å². The van der Waals surface area contributed by atoms with E-state index < -0.39 is 10.0 Å². The predicted octanol–water partition coefficient (Wildman–Crippen LogP) is 1.30. The van der Waals surface area contributed by atoms with Crippen LogP contribution in [0.15, 0.2) is 21.7 Å². The van der Waals surface area contributed by atoms with E-state index in [9.17, 15) is 8.42 Å². The van der Waals surface area contributed by atoms with Crippen LogP contribution in [0.3, 0.4) is 0 Å². The maximum atomic E-state index is 12.4. The Hall–Kier alpha value is -1.67. The second kappa shape index (κ2) is 4.71. The van der Waals surface area contributed by atoms with Gasteiger partial charge in [-0.05, 0) is 32.8 Å². The molecule has 1 N–H and O–H groups in total. The van der Waals surface area contributed by atoms with E-state index >= 15 is 0 Å². The molecule has 0 amide bonds. The average Bonchev–Trinajstić information content (AvgIpc) is 2.96. The number of nitrogens with one attached hydrogen (secondary N) is 1. The molecule has 2 aromatic heterocycles. The molecule has 2 aromatic rings. The Labute approximate surface area is 117 Å². The fourth-order valence-corrected chi connectivity index (χ4v) is 3.99. The zero-order chi connectivity index (χ0) is 14.3. The van der Waals surface area contributed by atoms with Gasteiger partial charge in [-0.3, -0.25) is 0 Å². The highest BCUT2D eigenvalue weighted by Crippen LogP contribution is 2.26. The highest BCUT2D eigenvalue weighted by molar-refractivity contribution is 7.89. The summed E-state index contributed by atoms with van der Waals surface area (Å²) in [6, 6.07) is 1.19. The van der Waals surface area contributed by atoms with Crippen molar-refractivity contribution in [2.75, 3.05) is 0 Å². The maximum absolute atomic E-state index is 12.4. The van der Waals surface area contributed by atoms with Crippen LogP contribution in [0.2, 0.25) is 0 Å². The molecule has 7 nitrogen and oxygen atoms in total. The molecular weight excluding hydrogens is 280 g/mol. The van der Waals surface area contributed by atoms with E-state index in [4.69, 9.17) is 4.42 Å². The van der Waals surface area contributed by atoms with Crippen LogP contribution in [0.4, 0.5) is 0 Å². The van der Waals surface area contributed by atoms with Gasteiger partial charge in [-0.15, -0.1) is 0 Å². The fourth-order valence-electron chi connectivity index (χ4n) is 2.53. The molecular formula is C12H16N4O3S. The zero-order valence-corrected chi connectivity index (χ0v) is 12.1. The number of rotatable bonds is 3. The smallest absolute Gasteiger partial charge is 0.244 e. The molecule has 1 aliphatic heterocycles. The van der Waals surface area contributed by atoms with Crippen molar-refractivity contribution in [2.45, 2.75) is 44.2 Å². The van der Waals surface area contributed by atoms with Gasteiger partial charge in [0.15, 0.2) is 0 Å². The van der Waals surface area contributed by atoms with Gasteiger partial charge < -0.3 is 4.42 Å². The highest BCUT2D eigenvalue weighted by Gasteiger charge is 2.29. The van der Waals surface area contributed by atoms with Crippen LogP contribution >= 0.6 is 0 Å². The van der Waals surface area contributed by atoms with E-state index in [0.29, 0.717) is 23.8 Å². The summed E-state index contributed by atoms with van der Waals surface area (Å²) in [4.78, 5) is 4.33. The molecule has 0 spiro atoms. The number of hydrogen-bond acceptors (Lipinski definition) is 5. The van der Waals surface area contributed by atoms with Gasteiger partial charge in [-0.1, -0.05) is 0 Å². The van der Waals surface area contributed by atoms with Crippen LogP contribution in [-0.2, 0) is 16.6 Å². The molecule has 20 heavy (non-hydrogen) atoms. The average molecular weight is 296 g/mol. The first kappa shape index (κ1) is 13.3. The Kier molecular flexibility index (Phi) is 3.14. The molecule has 108 valence electrons. The Morgan fingerprint density at radius 1 is 1.45 bits per heavy atom. The van der Waals surface area contributed by atoms with E-state index in [-0.39, 0.29) is 10.9 Å². The van der Waals surface area contributed by atoms with Gasteiger partial charge in [-0.25, -0.2) is 22.8 Å². The minimum atomic E-state index is -3.62. The van der Waals surface area contributed by atoms with Crippen molar-refractivity contribution < 1.29 is 12.8 Å². The number of aryl methyl sites for hydroxylation is 3. The van der Waals surface area contributed by atoms with Crippen molar-refractivity contribution in [2.24, 2.45) is 0 Å². The first-order valence-electron chi connectivity index (χ1n) is 6.44. The molecule has 0 aliphatic carbocycles. The standard InChI is InChI=1S/C12H16N4O3S/c1-8-6-11(9(2)19-8)20(17,18)15-10-4-3-5-16-12(10)13-7-14-16/h6-7,10,15H,3-5H2,1-2H3. The molecule has 0 radical (unpaired) electrons. The Morgan fingerprint density at radius 2 is 2.25 bits per heavy atom. The van der Waals surface area contributed by atoms with Crippen LogP contribution in [0.25, 0.3) is 0 Å². The first-order valence-corrected chi connectivity index (χ1v) is 7.93. The summed E-state index contributed by atoms with van der Waals surface area (Å²) in [5, 5.41) is 4.08. The quantitative estimate of drug-likeness (QED) is 0.922. The van der Waals surface area contributed by atoms with E-state index in [1.54, 1.807) is 18.5 Å². The maximum Gasteiger partial charge on any atom is 0.244 e. The minimum Gasteiger partial charge on any atom is -0.465 e. The van der Waals surface area contributed by atoms with Gasteiger partial charge in [0.2, 0.25) is 10.0 Å². The summed E-state index contributed by atoms with van der Waals surface area (Å²) in [6.07, 6.45) is 3.04. The molecule has 0 aromatic carbocycles. The van der Waals surface area contributed by atoms with Crippen molar-refractivity contribution >= 4 is 10.0 Å². The summed E-state index contributed by atoms with van der Waals surface area (Å²) in [5.74, 6) is 1.64. The van der Waals surface area contributed by atoms with Gasteiger partial charge in [0.05, 0.1) is 6.04 Å². The molecule has 3 heterocycles. The van der Waals surface area contributed by atoms with Gasteiger partial charge in [-0.2, -0.15) is 5.10 Å². The molecule has 1 atom stereocenters. The lowest BCUT2D eigenvalue weighted by Gasteiger charge is -2.22. The summed E-state index contributed by atoms with van der Waals surface area (Å²) in [6.45, 7) is 4.14. The summed E-state index contributed by atoms with van der Waals surface area (Å²) in [5.41, 5.74) is 0. The summed E-state index contributed by atoms with van der Waals surface area (Å²) in [7, 11) is -3.62. The van der Waals surface area contributed by atoms with Crippen molar-refractivity contribution in [3.8, 4) is 0 Å². The van der Waals surface area contributed by atoms with E-state index in [1.165, 1.54) is 12.4 Å². The molecule has 0 bridgehead atoms. The second-order valence-corrected chi connectivity index (χ2v) is 6.62. The summed E-state index contributed by atoms with van der Waals surface area (Å²) < 4.78 is 34.6. The zero-order valence-electron chi connectivity index (χ0n) is 11.3. The van der Waals surface area contributed by atoms with Gasteiger partial charge in [0.25, 0.3) is 0 Å². The molecule has 8 heteroatoms. The van der Waals surface area contributed by atoms with Crippen LogP contribution in [-0.4, -0.2) is 23.2 Å². The van der Waals surface area contributed by atoms with Crippen LogP contribution in [0.1, 0.15) is 36.2 Å². The van der Waals surface area contributed by atoms with Crippen LogP contribution < -0.4 is 4.72 Å². The fraction of sp³-hybridized carbons (Fsp3) is 0.500. The lowest BCUT2D eigenvalue weighted by molar-refractivity contribution is 0.399. The lowest BCUT2D eigenvalue weighted by Crippen LogP contribution is -2.33. The third kappa shape index (κ3) is 2.25. The number of furan rings is 1. The van der Waals surface area contributed by atoms with Crippen LogP contribution in [0.5, 0.6) is 0 Å². The highest BCUT2D eigenvalue weighted by atomic mass is 32.2. The molecule has 0 saturated heterocycles. The van der Waals surface area contributed by atoms with Gasteiger partial charge in [0.1, 0.15) is 28.6 Å². The van der Waals surface area contributed by atoms with E-state index in [1.807, 2.05) is 0 Å². The van der Waals surface area contributed by atoms with Gasteiger partial charge in [0, 0.05) is 6.54 Å². The van der Waals surface area contributed by atoms with Crippen molar-refractivity contribution in [3.05, 3.63) is 29.7 Å². The Balaban J connectivity index is 1.91. The molecule has 0 fully saturated rings. The van der Waals surface area contributed by atoms with E-state index in [0.717, 1.165) is 13.0 Å². The third-order valence-corrected chi connectivity index (χ3v) is 4.98. The number of sulfonamides is 1. The van der Waals surface area contributed by atoms with E-state index in [2.05, 4.69) is 14.8 Å². The molecule has 1 unspecified atom stereocenters. The van der Waals surface area contributed by atoms with Crippen molar-refractivity contribution in [3.63, 3.8) is 0 Å². The number of nitrogens with zero attached hydrogens (tertiary/aromatic N) is 3. The monoisotopic (exact) mass is 296 g/mol. The van der Waals surface area contributed by atoms with Crippen LogP contribution in [0, 0.1) is 13.8 Å². The minimum absolute atomic E-state index is 0.187. The Bertz CT molecular complexity index is 732. The SMILES string of the molecule is Cc1cc(S(=O)(=O)NC2CCCn3ncnc32)c(C)o1. The second-order valence-electron chi connectivity index (χ2n) is 4.93. The summed E-state index contributed by atoms with van der Waals surface area (Å²) >= 11 is 0. The molecule has 1 aliphatic rings. The Morgan fingerprint density at radius 3 is 2.95 bits per heavy atom. The number of fused-ring (bicyclic) bond motifs is 1. The number of aromatic nitrogens is 3. The largest absolute Gasteiger partial charge is 0.465 e. The van der Waals surface area contributed by atoms with Crippen molar-refractivity contribution in [1.29, 1.82) is 0 Å². The number of hydrogen-bond donors (Lipinski definition) is 1. The third-order valence-electron chi connectivity index (χ3n) is 3.40. The lowest BCUT2D eigenvalue weighted by atomic mass is 10.1. The van der Waals surface area contributed by atoms with Crippen molar-refractivity contribution in [1.82, 2.24) is 19.5 Å². The molecule has 3 rings (SSSR count). The first-order chi connectivity index (χ1) is 9.47. The predicted molar refractivity (Wildman–Crippen MR) is 70.5 cm³/mol. The topological polar surface area (TPSA) is 90.0 Å². The normalized spacial score (nSPS) is 19.0.